The number of hydrogen-bond donors (Lipinski definition) is 2. The van der Waals surface area contributed by atoms with Crippen LogP contribution in [0.1, 0.15) is 44.9 Å². The Morgan fingerprint density at radius 1 is 1.41 bits per heavy atom. The number of aliphatic hydroxyl groups is 1. The van der Waals surface area contributed by atoms with Crippen LogP contribution in [0, 0.1) is 5.92 Å². The number of aliphatic hydroxyl groups excluding tert-OH is 1. The van der Waals surface area contributed by atoms with Gasteiger partial charge in [0.1, 0.15) is 0 Å². The summed E-state index contributed by atoms with van der Waals surface area (Å²) in [5.41, 5.74) is 0. The van der Waals surface area contributed by atoms with Crippen LogP contribution in [-0.2, 0) is 4.79 Å². The lowest BCUT2D eigenvalue weighted by Crippen LogP contribution is -2.31. The van der Waals surface area contributed by atoms with Gasteiger partial charge in [-0.15, -0.1) is 0 Å². The molecule has 1 rings (SSSR count). The molecule has 1 atom stereocenters. The maximum absolute atomic E-state index is 10.4. The lowest BCUT2D eigenvalue weighted by atomic mass is 10.0. The van der Waals surface area contributed by atoms with E-state index in [0.717, 1.165) is 12.5 Å². The largest absolute Gasteiger partial charge is 0.481 e. The quantitative estimate of drug-likeness (QED) is 0.681. The van der Waals surface area contributed by atoms with Crippen LogP contribution in [0.25, 0.3) is 0 Å². The van der Waals surface area contributed by atoms with Crippen LogP contribution in [0.2, 0.25) is 0 Å². The van der Waals surface area contributed by atoms with Gasteiger partial charge in [-0.3, -0.25) is 4.79 Å². The fraction of sp³-hybridized carbons (Fsp3) is 0.923. The van der Waals surface area contributed by atoms with E-state index in [1.165, 1.54) is 32.1 Å². The Morgan fingerprint density at radius 2 is 2.06 bits per heavy atom. The van der Waals surface area contributed by atoms with Gasteiger partial charge >= 0.3 is 5.97 Å². The summed E-state index contributed by atoms with van der Waals surface area (Å²) in [6.45, 7) is 1.59. The first-order chi connectivity index (χ1) is 8.08. The standard InChI is InChI=1S/C13H25NO3/c1-14(9-8-11-4-2-3-5-11)10-12(15)6-7-13(16)17/h11-12,15H,2-10H2,1H3,(H,16,17). The predicted molar refractivity (Wildman–Crippen MR) is 66.9 cm³/mol. The average molecular weight is 243 g/mol. The molecule has 0 aliphatic heterocycles. The number of carbonyl (C=O) groups is 1. The highest BCUT2D eigenvalue weighted by atomic mass is 16.4. The molecular weight excluding hydrogens is 218 g/mol. The summed E-state index contributed by atoms with van der Waals surface area (Å²) in [4.78, 5) is 12.5. The highest BCUT2D eigenvalue weighted by Crippen LogP contribution is 2.27. The molecule has 1 saturated carbocycles. The van der Waals surface area contributed by atoms with Gasteiger partial charge in [0.2, 0.25) is 0 Å². The topological polar surface area (TPSA) is 60.8 Å². The highest BCUT2D eigenvalue weighted by molar-refractivity contribution is 5.66. The van der Waals surface area contributed by atoms with Crippen molar-refractivity contribution >= 4 is 5.97 Å². The van der Waals surface area contributed by atoms with E-state index in [4.69, 9.17) is 5.11 Å². The average Bonchev–Trinajstić information content (AvgIpc) is 2.76. The molecule has 1 aliphatic rings. The van der Waals surface area contributed by atoms with Gasteiger partial charge in [-0.25, -0.2) is 0 Å². The molecule has 0 bridgehead atoms. The number of nitrogens with zero attached hydrogens (tertiary/aromatic N) is 1. The van der Waals surface area contributed by atoms with Gasteiger partial charge in [-0.2, -0.15) is 0 Å². The molecule has 0 spiro atoms. The minimum Gasteiger partial charge on any atom is -0.481 e. The van der Waals surface area contributed by atoms with Crippen molar-refractivity contribution in [3.8, 4) is 0 Å². The van der Waals surface area contributed by atoms with Crippen LogP contribution in [0.4, 0.5) is 0 Å². The molecular formula is C13H25NO3. The van der Waals surface area contributed by atoms with Gasteiger partial charge in [0, 0.05) is 13.0 Å². The summed E-state index contributed by atoms with van der Waals surface area (Å²) in [6.07, 6.45) is 6.55. The van der Waals surface area contributed by atoms with Crippen molar-refractivity contribution in [1.82, 2.24) is 4.90 Å². The van der Waals surface area contributed by atoms with E-state index in [0.29, 0.717) is 13.0 Å². The van der Waals surface area contributed by atoms with E-state index in [9.17, 15) is 9.90 Å². The number of rotatable bonds is 8. The minimum absolute atomic E-state index is 0.0532. The second kappa shape index (κ2) is 7.67. The molecule has 4 nitrogen and oxygen atoms in total. The van der Waals surface area contributed by atoms with Crippen LogP contribution in [-0.4, -0.2) is 47.3 Å². The van der Waals surface area contributed by atoms with Crippen molar-refractivity contribution in [3.63, 3.8) is 0 Å². The van der Waals surface area contributed by atoms with E-state index in [1.807, 2.05) is 7.05 Å². The molecule has 1 fully saturated rings. The number of hydrogen-bond acceptors (Lipinski definition) is 3. The first-order valence-corrected chi connectivity index (χ1v) is 6.66. The van der Waals surface area contributed by atoms with Crippen LogP contribution < -0.4 is 0 Å². The molecule has 0 amide bonds. The number of carboxylic acids is 1. The SMILES string of the molecule is CN(CCC1CCCC1)CC(O)CCC(=O)O. The first-order valence-electron chi connectivity index (χ1n) is 6.66. The second-order valence-electron chi connectivity index (χ2n) is 5.29. The van der Waals surface area contributed by atoms with Gasteiger partial charge in [0.25, 0.3) is 0 Å². The molecule has 0 aromatic carbocycles. The van der Waals surface area contributed by atoms with Crippen molar-refractivity contribution in [2.24, 2.45) is 5.92 Å². The Morgan fingerprint density at radius 3 is 2.65 bits per heavy atom. The summed E-state index contributed by atoms with van der Waals surface area (Å²) in [7, 11) is 2.00. The Bertz CT molecular complexity index is 227. The van der Waals surface area contributed by atoms with Crippen LogP contribution >= 0.6 is 0 Å². The van der Waals surface area contributed by atoms with Gasteiger partial charge < -0.3 is 15.1 Å². The predicted octanol–water partition coefficient (Wildman–Crippen LogP) is 1.72. The maximum atomic E-state index is 10.4. The summed E-state index contributed by atoms with van der Waals surface area (Å²) >= 11 is 0. The highest BCUT2D eigenvalue weighted by Gasteiger charge is 2.16. The molecule has 1 aliphatic carbocycles. The normalized spacial score (nSPS) is 18.8. The second-order valence-corrected chi connectivity index (χ2v) is 5.29. The summed E-state index contributed by atoms with van der Waals surface area (Å²) < 4.78 is 0. The van der Waals surface area contributed by atoms with E-state index >= 15 is 0 Å². The molecule has 0 saturated heterocycles. The molecule has 0 radical (unpaired) electrons. The van der Waals surface area contributed by atoms with Gasteiger partial charge in [-0.1, -0.05) is 25.7 Å². The van der Waals surface area contributed by atoms with Gasteiger partial charge in [-0.05, 0) is 32.4 Å². The Hall–Kier alpha value is -0.610. The maximum Gasteiger partial charge on any atom is 0.303 e. The molecule has 1 unspecified atom stereocenters. The van der Waals surface area contributed by atoms with Crippen molar-refractivity contribution < 1.29 is 15.0 Å². The van der Waals surface area contributed by atoms with Crippen molar-refractivity contribution in [1.29, 1.82) is 0 Å². The summed E-state index contributed by atoms with van der Waals surface area (Å²) in [6, 6.07) is 0. The van der Waals surface area contributed by atoms with Crippen molar-refractivity contribution in [3.05, 3.63) is 0 Å². The zero-order chi connectivity index (χ0) is 12.7. The molecule has 0 heterocycles. The molecule has 0 aromatic heterocycles. The Labute approximate surface area is 104 Å². The van der Waals surface area contributed by atoms with Crippen LogP contribution in [0.15, 0.2) is 0 Å². The zero-order valence-electron chi connectivity index (χ0n) is 10.8. The first kappa shape index (κ1) is 14.5. The smallest absolute Gasteiger partial charge is 0.303 e. The van der Waals surface area contributed by atoms with E-state index < -0.39 is 12.1 Å². The third-order valence-corrected chi connectivity index (χ3v) is 3.61. The van der Waals surface area contributed by atoms with Crippen LogP contribution in [0.3, 0.4) is 0 Å². The Kier molecular flexibility index (Phi) is 6.52. The fourth-order valence-electron chi connectivity index (χ4n) is 2.53. The molecule has 100 valence electrons. The zero-order valence-corrected chi connectivity index (χ0v) is 10.8. The van der Waals surface area contributed by atoms with E-state index in [-0.39, 0.29) is 6.42 Å². The lowest BCUT2D eigenvalue weighted by Gasteiger charge is -2.21. The Balaban J connectivity index is 2.06. The molecule has 17 heavy (non-hydrogen) atoms. The number of carboxylic acid groups (broad SMARTS) is 1. The third kappa shape index (κ3) is 6.64. The number of likely N-dealkylation sites (N-methyl/N-ethyl adjacent to an activating group) is 1. The number of aliphatic carboxylic acids is 1. The van der Waals surface area contributed by atoms with E-state index in [1.54, 1.807) is 0 Å². The van der Waals surface area contributed by atoms with E-state index in [2.05, 4.69) is 4.90 Å². The molecule has 4 heteroatoms. The van der Waals surface area contributed by atoms with Gasteiger partial charge in [0.05, 0.1) is 6.10 Å². The minimum atomic E-state index is -0.836. The summed E-state index contributed by atoms with van der Waals surface area (Å²) in [5, 5.41) is 18.2. The lowest BCUT2D eigenvalue weighted by molar-refractivity contribution is -0.137. The van der Waals surface area contributed by atoms with Gasteiger partial charge in [0.15, 0.2) is 0 Å². The monoisotopic (exact) mass is 243 g/mol. The van der Waals surface area contributed by atoms with Crippen molar-refractivity contribution in [2.45, 2.75) is 51.0 Å². The fourth-order valence-corrected chi connectivity index (χ4v) is 2.53. The molecule has 0 aromatic rings. The van der Waals surface area contributed by atoms with Crippen molar-refractivity contribution in [2.75, 3.05) is 20.1 Å². The third-order valence-electron chi connectivity index (χ3n) is 3.61. The summed E-state index contributed by atoms with van der Waals surface area (Å²) in [5.74, 6) is 0.0336. The van der Waals surface area contributed by atoms with Crippen LogP contribution in [0.5, 0.6) is 0 Å². The molecule has 2 N–H and O–H groups in total.